The van der Waals surface area contributed by atoms with Crippen molar-refractivity contribution >= 4 is 0 Å². The lowest BCUT2D eigenvalue weighted by Crippen LogP contribution is -2.31. The van der Waals surface area contributed by atoms with Gasteiger partial charge in [-0.05, 0) is 38.8 Å². The van der Waals surface area contributed by atoms with Crippen LogP contribution in [0.15, 0.2) is 12.1 Å². The summed E-state index contributed by atoms with van der Waals surface area (Å²) in [5.41, 5.74) is 2.81. The fourth-order valence-corrected chi connectivity index (χ4v) is 2.79. The molecule has 1 aromatic heterocycles. The van der Waals surface area contributed by atoms with Gasteiger partial charge in [0.25, 0.3) is 0 Å². The molecule has 1 aromatic rings. The molecule has 2 rings (SSSR count). The van der Waals surface area contributed by atoms with Crippen LogP contribution in [0.1, 0.15) is 50.4 Å². The number of aryl methyl sites for hydroxylation is 1. The summed E-state index contributed by atoms with van der Waals surface area (Å²) in [6, 6.07) is 5.24. The molecule has 2 nitrogen and oxygen atoms in total. The van der Waals surface area contributed by atoms with Crippen molar-refractivity contribution in [2.45, 2.75) is 65.1 Å². The van der Waals surface area contributed by atoms with E-state index in [0.29, 0.717) is 0 Å². The molecule has 90 valence electrons. The Labute approximate surface area is 99.0 Å². The predicted octanol–water partition coefficient (Wildman–Crippen LogP) is 3.24. The summed E-state index contributed by atoms with van der Waals surface area (Å²) in [6.45, 7) is 6.53. The molecule has 0 aliphatic heterocycles. The van der Waals surface area contributed by atoms with E-state index >= 15 is 0 Å². The van der Waals surface area contributed by atoms with E-state index in [1.165, 1.54) is 43.5 Å². The highest BCUT2D eigenvalue weighted by Crippen LogP contribution is 2.18. The zero-order valence-electron chi connectivity index (χ0n) is 10.6. The smallest absolute Gasteiger partial charge is 0.0361 e. The Bertz CT molecular complexity index is 321. The Balaban J connectivity index is 1.88. The van der Waals surface area contributed by atoms with Gasteiger partial charge in [0, 0.05) is 30.5 Å². The van der Waals surface area contributed by atoms with E-state index in [1.54, 1.807) is 0 Å². The van der Waals surface area contributed by atoms with Gasteiger partial charge in [0.1, 0.15) is 0 Å². The molecule has 0 spiro atoms. The average Bonchev–Trinajstić information content (AvgIpc) is 2.68. The molecule has 1 heterocycles. The van der Waals surface area contributed by atoms with Gasteiger partial charge in [-0.2, -0.15) is 0 Å². The summed E-state index contributed by atoms with van der Waals surface area (Å²) in [7, 11) is 0. The van der Waals surface area contributed by atoms with Crippen LogP contribution < -0.4 is 5.32 Å². The van der Waals surface area contributed by atoms with Crippen LogP contribution in [0, 0.1) is 6.92 Å². The highest BCUT2D eigenvalue weighted by molar-refractivity contribution is 5.15. The van der Waals surface area contributed by atoms with Crippen LogP contribution in [0.3, 0.4) is 0 Å². The highest BCUT2D eigenvalue weighted by Gasteiger charge is 2.13. The molecule has 1 saturated carbocycles. The van der Waals surface area contributed by atoms with Gasteiger partial charge in [-0.3, -0.25) is 0 Å². The molecular formula is C14H24N2. The topological polar surface area (TPSA) is 17.0 Å². The molecule has 0 amide bonds. The lowest BCUT2D eigenvalue weighted by molar-refractivity contribution is 0.368. The van der Waals surface area contributed by atoms with Crippen molar-refractivity contribution in [3.05, 3.63) is 23.5 Å². The number of rotatable bonds is 4. The third kappa shape index (κ3) is 2.67. The monoisotopic (exact) mass is 220 g/mol. The number of nitrogens with one attached hydrogen (secondary N) is 1. The van der Waals surface area contributed by atoms with Crippen LogP contribution in [-0.2, 0) is 13.1 Å². The van der Waals surface area contributed by atoms with Crippen LogP contribution in [0.2, 0.25) is 0 Å². The summed E-state index contributed by atoms with van der Waals surface area (Å²) in [6.07, 6.45) is 6.98. The third-order valence-corrected chi connectivity index (χ3v) is 3.78. The van der Waals surface area contributed by atoms with Crippen molar-refractivity contribution < 1.29 is 0 Å². The molecule has 1 aliphatic carbocycles. The first-order chi connectivity index (χ1) is 7.81. The average molecular weight is 220 g/mol. The second-order valence-corrected chi connectivity index (χ2v) is 4.93. The van der Waals surface area contributed by atoms with Crippen LogP contribution in [0.25, 0.3) is 0 Å². The fraction of sp³-hybridized carbons (Fsp3) is 0.714. The Hall–Kier alpha value is -0.760. The van der Waals surface area contributed by atoms with Crippen LogP contribution in [0.4, 0.5) is 0 Å². The summed E-state index contributed by atoms with van der Waals surface area (Å²) < 4.78 is 2.40. The zero-order chi connectivity index (χ0) is 11.4. The molecule has 2 heteroatoms. The van der Waals surface area contributed by atoms with E-state index in [9.17, 15) is 0 Å². The minimum atomic E-state index is 0.759. The molecule has 0 unspecified atom stereocenters. The van der Waals surface area contributed by atoms with Crippen LogP contribution in [-0.4, -0.2) is 10.6 Å². The Morgan fingerprint density at radius 3 is 2.69 bits per heavy atom. The molecule has 1 N–H and O–H groups in total. The highest BCUT2D eigenvalue weighted by atomic mass is 15.0. The van der Waals surface area contributed by atoms with Crippen molar-refractivity contribution in [1.82, 2.24) is 9.88 Å². The fourth-order valence-electron chi connectivity index (χ4n) is 2.79. The van der Waals surface area contributed by atoms with Gasteiger partial charge in [0.2, 0.25) is 0 Å². The molecule has 16 heavy (non-hydrogen) atoms. The van der Waals surface area contributed by atoms with Gasteiger partial charge in [-0.15, -0.1) is 0 Å². The molecule has 1 fully saturated rings. The number of nitrogens with zero attached hydrogens (tertiary/aromatic N) is 1. The standard InChI is InChI=1S/C14H24N2/c1-3-16-12(2)9-10-14(16)11-15-13-7-5-4-6-8-13/h9-10,13,15H,3-8,11H2,1-2H3. The lowest BCUT2D eigenvalue weighted by atomic mass is 9.95. The first kappa shape index (κ1) is 11.7. The molecule has 0 aromatic carbocycles. The minimum Gasteiger partial charge on any atom is -0.348 e. The Morgan fingerprint density at radius 2 is 2.00 bits per heavy atom. The van der Waals surface area contributed by atoms with Crippen LogP contribution in [0.5, 0.6) is 0 Å². The van der Waals surface area contributed by atoms with Crippen molar-refractivity contribution in [1.29, 1.82) is 0 Å². The van der Waals surface area contributed by atoms with Crippen LogP contribution >= 0.6 is 0 Å². The van der Waals surface area contributed by atoms with Gasteiger partial charge < -0.3 is 9.88 Å². The summed E-state index contributed by atoms with van der Waals surface area (Å²) in [5, 5.41) is 3.71. The maximum absolute atomic E-state index is 3.71. The van der Waals surface area contributed by atoms with Crippen molar-refractivity contribution in [3.8, 4) is 0 Å². The number of hydrogen-bond donors (Lipinski definition) is 1. The van der Waals surface area contributed by atoms with E-state index < -0.39 is 0 Å². The van der Waals surface area contributed by atoms with E-state index in [-0.39, 0.29) is 0 Å². The van der Waals surface area contributed by atoms with E-state index in [4.69, 9.17) is 0 Å². The van der Waals surface area contributed by atoms with Gasteiger partial charge in [-0.1, -0.05) is 19.3 Å². The SMILES string of the molecule is CCn1c(C)ccc1CNC1CCCCC1. The zero-order valence-corrected chi connectivity index (χ0v) is 10.6. The number of hydrogen-bond acceptors (Lipinski definition) is 1. The van der Waals surface area contributed by atoms with Crippen molar-refractivity contribution in [2.75, 3.05) is 0 Å². The van der Waals surface area contributed by atoms with Gasteiger partial charge in [-0.25, -0.2) is 0 Å². The second kappa shape index (κ2) is 5.53. The first-order valence-electron chi connectivity index (χ1n) is 6.69. The Kier molecular flexibility index (Phi) is 4.05. The quantitative estimate of drug-likeness (QED) is 0.824. The van der Waals surface area contributed by atoms with E-state index in [2.05, 4.69) is 35.9 Å². The third-order valence-electron chi connectivity index (χ3n) is 3.78. The normalized spacial score (nSPS) is 17.9. The van der Waals surface area contributed by atoms with E-state index in [1.807, 2.05) is 0 Å². The van der Waals surface area contributed by atoms with Crippen molar-refractivity contribution in [3.63, 3.8) is 0 Å². The lowest BCUT2D eigenvalue weighted by Gasteiger charge is -2.23. The molecule has 1 aliphatic rings. The predicted molar refractivity (Wildman–Crippen MR) is 68.6 cm³/mol. The summed E-state index contributed by atoms with van der Waals surface area (Å²) in [5.74, 6) is 0. The second-order valence-electron chi connectivity index (χ2n) is 4.93. The molecular weight excluding hydrogens is 196 g/mol. The van der Waals surface area contributed by atoms with Gasteiger partial charge >= 0.3 is 0 Å². The van der Waals surface area contributed by atoms with Crippen molar-refractivity contribution in [2.24, 2.45) is 0 Å². The molecule has 0 radical (unpaired) electrons. The minimum absolute atomic E-state index is 0.759. The van der Waals surface area contributed by atoms with E-state index in [0.717, 1.165) is 19.1 Å². The number of aromatic nitrogens is 1. The van der Waals surface area contributed by atoms with Gasteiger partial charge in [0.05, 0.1) is 0 Å². The maximum atomic E-state index is 3.71. The molecule has 0 atom stereocenters. The molecule has 0 saturated heterocycles. The maximum Gasteiger partial charge on any atom is 0.0361 e. The largest absolute Gasteiger partial charge is 0.348 e. The Morgan fingerprint density at radius 1 is 1.25 bits per heavy atom. The summed E-state index contributed by atoms with van der Waals surface area (Å²) in [4.78, 5) is 0. The summed E-state index contributed by atoms with van der Waals surface area (Å²) >= 11 is 0. The molecule has 0 bridgehead atoms. The first-order valence-corrected chi connectivity index (χ1v) is 6.69. The van der Waals surface area contributed by atoms with Gasteiger partial charge in [0.15, 0.2) is 0 Å².